The van der Waals surface area contributed by atoms with Gasteiger partial charge in [0.25, 0.3) is 6.01 Å². The van der Waals surface area contributed by atoms with Crippen molar-refractivity contribution in [2.75, 3.05) is 11.9 Å². The van der Waals surface area contributed by atoms with Gasteiger partial charge in [-0.25, -0.2) is 0 Å². The molecular formula is C14H18N2O. The third-order valence-electron chi connectivity index (χ3n) is 3.60. The number of anilines is 1. The van der Waals surface area contributed by atoms with Crippen LogP contribution >= 0.6 is 0 Å². The van der Waals surface area contributed by atoms with E-state index in [0.29, 0.717) is 6.01 Å². The van der Waals surface area contributed by atoms with Crippen molar-refractivity contribution in [3.63, 3.8) is 0 Å². The molecule has 3 rings (SSSR count). The minimum absolute atomic E-state index is 0.657. The van der Waals surface area contributed by atoms with Crippen molar-refractivity contribution in [1.82, 2.24) is 4.98 Å². The molecule has 0 radical (unpaired) electrons. The monoisotopic (exact) mass is 230 g/mol. The Morgan fingerprint density at radius 2 is 2.06 bits per heavy atom. The van der Waals surface area contributed by atoms with E-state index in [4.69, 9.17) is 4.42 Å². The van der Waals surface area contributed by atoms with Gasteiger partial charge in [0.15, 0.2) is 5.58 Å². The van der Waals surface area contributed by atoms with Crippen LogP contribution in [0.3, 0.4) is 0 Å². The molecule has 0 amide bonds. The summed E-state index contributed by atoms with van der Waals surface area (Å²) in [4.78, 5) is 4.40. The first-order chi connectivity index (χ1) is 8.42. The normalized spacial score (nSPS) is 16.7. The number of rotatable bonds is 4. The molecule has 0 saturated heterocycles. The van der Waals surface area contributed by atoms with Gasteiger partial charge >= 0.3 is 0 Å². The predicted molar refractivity (Wildman–Crippen MR) is 69.1 cm³/mol. The maximum Gasteiger partial charge on any atom is 0.295 e. The maximum atomic E-state index is 5.61. The van der Waals surface area contributed by atoms with Crippen molar-refractivity contribution in [2.45, 2.75) is 32.1 Å². The largest absolute Gasteiger partial charge is 0.424 e. The zero-order chi connectivity index (χ0) is 11.5. The smallest absolute Gasteiger partial charge is 0.295 e. The van der Waals surface area contributed by atoms with Crippen LogP contribution in [0.5, 0.6) is 0 Å². The van der Waals surface area contributed by atoms with Gasteiger partial charge in [-0.05, 0) is 24.5 Å². The SMILES string of the molecule is c1ccc2oc(NCCC3CCCC3)nc2c1. The molecular weight excluding hydrogens is 212 g/mol. The summed E-state index contributed by atoms with van der Waals surface area (Å²) >= 11 is 0. The molecule has 90 valence electrons. The van der Waals surface area contributed by atoms with Gasteiger partial charge in [0.2, 0.25) is 0 Å². The first-order valence-corrected chi connectivity index (χ1v) is 6.51. The number of aromatic nitrogens is 1. The predicted octanol–water partition coefficient (Wildman–Crippen LogP) is 3.82. The highest BCUT2D eigenvalue weighted by atomic mass is 16.4. The first-order valence-electron chi connectivity index (χ1n) is 6.51. The van der Waals surface area contributed by atoms with E-state index in [1.54, 1.807) is 0 Å². The number of benzene rings is 1. The molecule has 0 unspecified atom stereocenters. The van der Waals surface area contributed by atoms with Gasteiger partial charge in [0, 0.05) is 6.54 Å². The molecule has 1 aromatic carbocycles. The number of fused-ring (bicyclic) bond motifs is 1. The highest BCUT2D eigenvalue weighted by molar-refractivity contribution is 5.74. The Morgan fingerprint density at radius 3 is 2.88 bits per heavy atom. The average molecular weight is 230 g/mol. The van der Waals surface area contributed by atoms with Crippen molar-refractivity contribution in [2.24, 2.45) is 5.92 Å². The van der Waals surface area contributed by atoms with Crippen molar-refractivity contribution in [3.8, 4) is 0 Å². The zero-order valence-electron chi connectivity index (χ0n) is 9.98. The van der Waals surface area contributed by atoms with Crippen LogP contribution in [0.15, 0.2) is 28.7 Å². The van der Waals surface area contributed by atoms with Crippen LogP contribution in [-0.2, 0) is 0 Å². The van der Waals surface area contributed by atoms with Gasteiger partial charge < -0.3 is 9.73 Å². The minimum atomic E-state index is 0.657. The lowest BCUT2D eigenvalue weighted by Crippen LogP contribution is -2.06. The Morgan fingerprint density at radius 1 is 1.24 bits per heavy atom. The van der Waals surface area contributed by atoms with Gasteiger partial charge in [-0.3, -0.25) is 0 Å². The van der Waals surface area contributed by atoms with Crippen LogP contribution in [-0.4, -0.2) is 11.5 Å². The summed E-state index contributed by atoms with van der Waals surface area (Å²) < 4.78 is 5.61. The molecule has 1 heterocycles. The van der Waals surface area contributed by atoms with E-state index in [9.17, 15) is 0 Å². The number of nitrogens with zero attached hydrogens (tertiary/aromatic N) is 1. The molecule has 1 N–H and O–H groups in total. The van der Waals surface area contributed by atoms with E-state index >= 15 is 0 Å². The van der Waals surface area contributed by atoms with Gasteiger partial charge in [0.1, 0.15) is 5.52 Å². The van der Waals surface area contributed by atoms with Crippen molar-refractivity contribution >= 4 is 17.1 Å². The summed E-state index contributed by atoms with van der Waals surface area (Å²) in [5.74, 6) is 0.909. The molecule has 1 fully saturated rings. The Kier molecular flexibility index (Phi) is 2.99. The molecule has 1 saturated carbocycles. The van der Waals surface area contributed by atoms with Crippen LogP contribution in [0.2, 0.25) is 0 Å². The van der Waals surface area contributed by atoms with Gasteiger partial charge in [-0.2, -0.15) is 4.98 Å². The van der Waals surface area contributed by atoms with Crippen LogP contribution in [0.25, 0.3) is 11.1 Å². The van der Waals surface area contributed by atoms with Crippen molar-refractivity contribution < 1.29 is 4.42 Å². The van der Waals surface area contributed by atoms with E-state index in [1.165, 1.54) is 32.1 Å². The van der Waals surface area contributed by atoms with Crippen LogP contribution in [0.1, 0.15) is 32.1 Å². The molecule has 0 atom stereocenters. The summed E-state index contributed by atoms with van der Waals surface area (Å²) in [6.07, 6.45) is 6.85. The second-order valence-electron chi connectivity index (χ2n) is 4.85. The van der Waals surface area contributed by atoms with Gasteiger partial charge in [-0.15, -0.1) is 0 Å². The summed E-state index contributed by atoms with van der Waals surface area (Å²) in [5.41, 5.74) is 1.78. The third kappa shape index (κ3) is 2.43. The lowest BCUT2D eigenvalue weighted by atomic mass is 10.0. The number of nitrogens with one attached hydrogen (secondary N) is 1. The summed E-state index contributed by atoms with van der Waals surface area (Å²) in [5, 5.41) is 3.28. The quantitative estimate of drug-likeness (QED) is 0.867. The van der Waals surface area contributed by atoms with Crippen LogP contribution in [0.4, 0.5) is 6.01 Å². The lowest BCUT2D eigenvalue weighted by molar-refractivity contribution is 0.512. The standard InChI is InChI=1S/C14H18N2O/c1-2-6-11(5-1)9-10-15-14-16-12-7-3-4-8-13(12)17-14/h3-4,7-8,11H,1-2,5-6,9-10H2,(H,15,16). The van der Waals surface area contributed by atoms with E-state index in [1.807, 2.05) is 24.3 Å². The second kappa shape index (κ2) is 4.78. The Balaban J connectivity index is 1.57. The summed E-state index contributed by atoms with van der Waals surface area (Å²) in [6.45, 7) is 0.970. The van der Waals surface area contributed by atoms with E-state index in [2.05, 4.69) is 10.3 Å². The Labute approximate surface area is 101 Å². The fourth-order valence-corrected chi connectivity index (χ4v) is 2.63. The number of hydrogen-bond acceptors (Lipinski definition) is 3. The first kappa shape index (κ1) is 10.6. The highest BCUT2D eigenvalue weighted by Crippen LogP contribution is 2.27. The van der Waals surface area contributed by atoms with Crippen LogP contribution in [0, 0.1) is 5.92 Å². The molecule has 1 aliphatic rings. The maximum absolute atomic E-state index is 5.61. The second-order valence-corrected chi connectivity index (χ2v) is 4.85. The molecule has 0 spiro atoms. The van der Waals surface area contributed by atoms with E-state index in [-0.39, 0.29) is 0 Å². The number of hydrogen-bond donors (Lipinski definition) is 1. The van der Waals surface area contributed by atoms with Crippen molar-refractivity contribution in [1.29, 1.82) is 0 Å². The molecule has 3 heteroatoms. The number of oxazole rings is 1. The summed E-state index contributed by atoms with van der Waals surface area (Å²) in [6, 6.07) is 8.53. The van der Waals surface area contributed by atoms with Gasteiger partial charge in [0.05, 0.1) is 0 Å². The third-order valence-corrected chi connectivity index (χ3v) is 3.60. The minimum Gasteiger partial charge on any atom is -0.424 e. The highest BCUT2D eigenvalue weighted by Gasteiger charge is 2.14. The number of para-hydroxylation sites is 2. The molecule has 1 aromatic heterocycles. The zero-order valence-corrected chi connectivity index (χ0v) is 9.98. The van der Waals surface area contributed by atoms with E-state index in [0.717, 1.165) is 23.6 Å². The molecule has 3 nitrogen and oxygen atoms in total. The van der Waals surface area contributed by atoms with Crippen molar-refractivity contribution in [3.05, 3.63) is 24.3 Å². The van der Waals surface area contributed by atoms with E-state index < -0.39 is 0 Å². The molecule has 2 aromatic rings. The fourth-order valence-electron chi connectivity index (χ4n) is 2.63. The Bertz CT molecular complexity index is 453. The molecule has 1 aliphatic carbocycles. The lowest BCUT2D eigenvalue weighted by Gasteiger charge is -2.07. The fraction of sp³-hybridized carbons (Fsp3) is 0.500. The molecule has 17 heavy (non-hydrogen) atoms. The Hall–Kier alpha value is -1.51. The molecule has 0 aliphatic heterocycles. The summed E-state index contributed by atoms with van der Waals surface area (Å²) in [7, 11) is 0. The topological polar surface area (TPSA) is 38.1 Å². The average Bonchev–Trinajstić information content (AvgIpc) is 2.96. The van der Waals surface area contributed by atoms with Gasteiger partial charge in [-0.1, -0.05) is 37.8 Å². The molecule has 0 bridgehead atoms. The van der Waals surface area contributed by atoms with Crippen LogP contribution < -0.4 is 5.32 Å².